The molecule has 43 heavy (non-hydrogen) atoms. The summed E-state index contributed by atoms with van der Waals surface area (Å²) in [6.07, 6.45) is 19.3. The van der Waals surface area contributed by atoms with Crippen LogP contribution in [0.15, 0.2) is 151 Å². The normalized spacial score (nSPS) is 10.4. The molecule has 0 fully saturated rings. The van der Waals surface area contributed by atoms with Crippen molar-refractivity contribution in [2.24, 2.45) is 0 Å². The van der Waals surface area contributed by atoms with Gasteiger partial charge in [0.05, 0.1) is 0 Å². The molecule has 0 heteroatoms. The van der Waals surface area contributed by atoms with Crippen LogP contribution in [0.2, 0.25) is 0 Å². The first-order chi connectivity index (χ1) is 20.4. The number of fused-ring (bicyclic) bond motifs is 1. The number of terminal acetylenes is 1. The zero-order chi connectivity index (χ0) is 31.4. The molecule has 0 saturated carbocycles. The van der Waals surface area contributed by atoms with Crippen LogP contribution in [0.5, 0.6) is 0 Å². The summed E-state index contributed by atoms with van der Waals surface area (Å²) in [4.78, 5) is 0. The second-order valence-electron chi connectivity index (χ2n) is 9.32. The van der Waals surface area contributed by atoms with E-state index in [1.54, 1.807) is 6.08 Å². The molecule has 0 heterocycles. The van der Waals surface area contributed by atoms with E-state index in [2.05, 4.69) is 137 Å². The predicted octanol–water partition coefficient (Wildman–Crippen LogP) is 13.1. The highest BCUT2D eigenvalue weighted by Crippen LogP contribution is 2.16. The monoisotopic (exact) mass is 572 g/mol. The van der Waals surface area contributed by atoms with E-state index in [4.69, 9.17) is 6.42 Å². The van der Waals surface area contributed by atoms with Gasteiger partial charge in [-0.05, 0) is 81.0 Å². The van der Waals surface area contributed by atoms with Crippen molar-refractivity contribution in [1.82, 2.24) is 0 Å². The first-order valence-electron chi connectivity index (χ1n) is 15.0. The molecule has 0 bridgehead atoms. The first kappa shape index (κ1) is 40.8. The summed E-state index contributed by atoms with van der Waals surface area (Å²) in [5, 5.41) is 2.68. The Morgan fingerprint density at radius 3 is 1.77 bits per heavy atom. The average Bonchev–Trinajstić information content (AvgIpc) is 3.05. The van der Waals surface area contributed by atoms with Crippen molar-refractivity contribution < 1.29 is 0 Å². The van der Waals surface area contributed by atoms with Gasteiger partial charge in [-0.2, -0.15) is 0 Å². The SMILES string of the molecule is C.C#C/C=C\C(C)=C/C.C/C=C(\C=C/CC)Cc1ccccc1.CC.Cc1cccc2ccccc12.Cc1ccccc1. The van der Waals surface area contributed by atoms with Crippen LogP contribution < -0.4 is 0 Å². The van der Waals surface area contributed by atoms with Crippen molar-refractivity contribution in [2.45, 2.75) is 75.7 Å². The van der Waals surface area contributed by atoms with Gasteiger partial charge in [0.1, 0.15) is 0 Å². The third-order valence-corrected chi connectivity index (χ3v) is 6.04. The maximum absolute atomic E-state index is 4.97. The van der Waals surface area contributed by atoms with Crippen LogP contribution >= 0.6 is 0 Å². The zero-order valence-electron chi connectivity index (χ0n) is 27.3. The van der Waals surface area contributed by atoms with E-state index < -0.39 is 0 Å². The molecule has 4 aromatic rings. The Labute approximate surface area is 265 Å². The van der Waals surface area contributed by atoms with E-state index in [0.29, 0.717) is 0 Å². The van der Waals surface area contributed by atoms with Crippen molar-refractivity contribution >= 4 is 10.8 Å². The van der Waals surface area contributed by atoms with Crippen molar-refractivity contribution in [2.75, 3.05) is 0 Å². The first-order valence-corrected chi connectivity index (χ1v) is 15.0. The summed E-state index contributed by atoms with van der Waals surface area (Å²) >= 11 is 0. The van der Waals surface area contributed by atoms with Crippen LogP contribution in [0.4, 0.5) is 0 Å². The summed E-state index contributed by atoms with van der Waals surface area (Å²) in [6.45, 7) is 16.5. The molecule has 0 N–H and O–H groups in total. The molecule has 228 valence electrons. The minimum Gasteiger partial charge on any atom is -0.115 e. The highest BCUT2D eigenvalue weighted by Gasteiger charge is 1.94. The van der Waals surface area contributed by atoms with E-state index >= 15 is 0 Å². The fourth-order valence-corrected chi connectivity index (χ4v) is 3.56. The molecule has 0 aromatic heterocycles. The molecule has 0 atom stereocenters. The highest BCUT2D eigenvalue weighted by atomic mass is 14.0. The molecular weight excluding hydrogens is 516 g/mol. The van der Waals surface area contributed by atoms with Crippen molar-refractivity contribution in [3.63, 3.8) is 0 Å². The molecule has 0 aliphatic heterocycles. The van der Waals surface area contributed by atoms with E-state index in [-0.39, 0.29) is 7.43 Å². The van der Waals surface area contributed by atoms with Crippen LogP contribution in [0, 0.1) is 26.2 Å². The molecule has 4 aromatic carbocycles. The molecule has 0 nitrogen and oxygen atoms in total. The molecule has 0 aliphatic carbocycles. The second kappa shape index (κ2) is 27.8. The lowest BCUT2D eigenvalue weighted by Crippen LogP contribution is -1.86. The van der Waals surface area contributed by atoms with Crippen LogP contribution in [0.25, 0.3) is 10.8 Å². The van der Waals surface area contributed by atoms with Gasteiger partial charge in [0, 0.05) is 0 Å². The predicted molar refractivity (Wildman–Crippen MR) is 199 cm³/mol. The molecule has 0 unspecified atom stereocenters. The van der Waals surface area contributed by atoms with Crippen LogP contribution in [0.3, 0.4) is 0 Å². The molecule has 4 rings (SSSR count). The number of allylic oxidation sites excluding steroid dienone is 8. The fraction of sp³-hybridized carbons (Fsp3) is 0.256. The standard InChI is InChI=1S/C14H18.C11H10.C8H10.C7H8.C2H6.CH4/c1-3-5-9-13(4-2)12-14-10-7-6-8-11-14;1-9-5-4-7-10-6-2-3-8-11(9)10;1-4-6-7-8(3)5-2;1-7-5-3-2-4-6-7;1-2;/h4-11H,3,12H2,1-2H3;2-8H,1H3;1,5-7H,2-3H3;2-6H,1H3;1-2H3;1H4/b9-5-,13-4+;;7-6-,8-5-;;;. The quantitative estimate of drug-likeness (QED) is 0.165. The van der Waals surface area contributed by atoms with E-state index in [1.165, 1.54) is 38.6 Å². The Balaban J connectivity index is 0. The number of rotatable bonds is 5. The lowest BCUT2D eigenvalue weighted by Gasteiger charge is -2.01. The molecular formula is C43H56. The number of hydrogen-bond donors (Lipinski definition) is 0. The molecule has 0 aliphatic rings. The Hall–Kier alpha value is -4.34. The molecule has 0 saturated heterocycles. The molecule has 0 radical (unpaired) electrons. The summed E-state index contributed by atoms with van der Waals surface area (Å²) in [7, 11) is 0. The highest BCUT2D eigenvalue weighted by molar-refractivity contribution is 5.85. The van der Waals surface area contributed by atoms with Crippen LogP contribution in [-0.2, 0) is 6.42 Å². The van der Waals surface area contributed by atoms with Gasteiger partial charge in [0.25, 0.3) is 0 Å². The van der Waals surface area contributed by atoms with Crippen molar-refractivity contribution in [1.29, 1.82) is 0 Å². The van der Waals surface area contributed by atoms with Crippen molar-refractivity contribution in [3.05, 3.63) is 167 Å². The smallest absolute Gasteiger partial charge is 0.00292 e. The molecule has 0 spiro atoms. The van der Waals surface area contributed by atoms with Crippen LogP contribution in [0.1, 0.15) is 72.1 Å². The summed E-state index contributed by atoms with van der Waals surface area (Å²) < 4.78 is 0. The molecule has 0 amide bonds. The Bertz CT molecular complexity index is 1370. The van der Waals surface area contributed by atoms with Gasteiger partial charge in [-0.3, -0.25) is 0 Å². The topological polar surface area (TPSA) is 0 Å². The maximum atomic E-state index is 4.97. The average molecular weight is 573 g/mol. The van der Waals surface area contributed by atoms with E-state index in [9.17, 15) is 0 Å². The fourth-order valence-electron chi connectivity index (χ4n) is 3.56. The Morgan fingerprint density at radius 2 is 1.28 bits per heavy atom. The van der Waals surface area contributed by atoms with Gasteiger partial charge in [-0.15, -0.1) is 6.42 Å². The van der Waals surface area contributed by atoms with Crippen LogP contribution in [-0.4, -0.2) is 0 Å². The summed E-state index contributed by atoms with van der Waals surface area (Å²) in [6, 6.07) is 35.7. The minimum absolute atomic E-state index is 0. The zero-order valence-corrected chi connectivity index (χ0v) is 27.3. The summed E-state index contributed by atoms with van der Waals surface area (Å²) in [5.74, 6) is 2.41. The lowest BCUT2D eigenvalue weighted by atomic mass is 10.0. The number of aryl methyl sites for hydroxylation is 2. The summed E-state index contributed by atoms with van der Waals surface area (Å²) in [5.41, 5.74) is 6.63. The number of hydrogen-bond acceptors (Lipinski definition) is 0. The Morgan fingerprint density at radius 1 is 0.721 bits per heavy atom. The third kappa shape index (κ3) is 20.2. The van der Waals surface area contributed by atoms with Gasteiger partial charge >= 0.3 is 0 Å². The number of benzene rings is 4. The van der Waals surface area contributed by atoms with Gasteiger partial charge in [-0.1, -0.05) is 179 Å². The van der Waals surface area contributed by atoms with Crippen molar-refractivity contribution in [3.8, 4) is 12.3 Å². The van der Waals surface area contributed by atoms with Gasteiger partial charge in [0.2, 0.25) is 0 Å². The van der Waals surface area contributed by atoms with Gasteiger partial charge in [0.15, 0.2) is 0 Å². The van der Waals surface area contributed by atoms with Gasteiger partial charge < -0.3 is 0 Å². The minimum atomic E-state index is 0. The lowest BCUT2D eigenvalue weighted by molar-refractivity contribution is 1.16. The maximum Gasteiger partial charge on any atom is -0.00292 e. The third-order valence-electron chi connectivity index (χ3n) is 6.04. The largest absolute Gasteiger partial charge is 0.115 e. The second-order valence-corrected chi connectivity index (χ2v) is 9.32. The van der Waals surface area contributed by atoms with Gasteiger partial charge in [-0.25, -0.2) is 0 Å². The van der Waals surface area contributed by atoms with E-state index in [0.717, 1.165) is 12.8 Å². The Kier molecular flexibility index (Phi) is 26.4. The van der Waals surface area contributed by atoms with E-state index in [1.807, 2.05) is 58.0 Å².